The first-order valence-electron chi connectivity index (χ1n) is 11.3. The zero-order valence-electron chi connectivity index (χ0n) is 20.0. The van der Waals surface area contributed by atoms with Crippen LogP contribution in [0, 0.1) is 6.92 Å². The predicted molar refractivity (Wildman–Crippen MR) is 138 cm³/mol. The molecular formula is C26H29ClN2O5S. The standard InChI is InChI=1S/C26H29ClN2O5S/c1-4-33-24-14-12-20(15-25(24)34-5-2)17-28-26(30)18-29(23-16-21(27)13-11-19(23)3)35(31,32)22-9-7-6-8-10-22/h6-16H,4-5,17-18H2,1-3H3,(H,28,30). The molecule has 0 fully saturated rings. The first kappa shape index (κ1) is 26.4. The van der Waals surface area contributed by atoms with Crippen molar-refractivity contribution in [2.75, 3.05) is 24.1 Å². The number of carbonyl (C=O) groups is 1. The second-order valence-corrected chi connectivity index (χ2v) is 9.98. The third-order valence-corrected chi connectivity index (χ3v) is 7.16. The molecule has 0 aliphatic heterocycles. The summed E-state index contributed by atoms with van der Waals surface area (Å²) < 4.78 is 39.3. The first-order valence-corrected chi connectivity index (χ1v) is 13.1. The smallest absolute Gasteiger partial charge is 0.264 e. The van der Waals surface area contributed by atoms with E-state index in [4.69, 9.17) is 21.1 Å². The fourth-order valence-electron chi connectivity index (χ4n) is 3.46. The molecule has 0 aliphatic carbocycles. The van der Waals surface area contributed by atoms with Crippen molar-refractivity contribution in [3.8, 4) is 11.5 Å². The number of hydrogen-bond donors (Lipinski definition) is 1. The summed E-state index contributed by atoms with van der Waals surface area (Å²) in [4.78, 5) is 13.0. The van der Waals surface area contributed by atoms with Gasteiger partial charge >= 0.3 is 0 Å². The highest BCUT2D eigenvalue weighted by Crippen LogP contribution is 2.30. The lowest BCUT2D eigenvalue weighted by molar-refractivity contribution is -0.119. The second kappa shape index (κ2) is 12.0. The minimum absolute atomic E-state index is 0.0834. The molecule has 3 aromatic carbocycles. The SMILES string of the molecule is CCOc1ccc(CNC(=O)CN(c2cc(Cl)ccc2C)S(=O)(=O)c2ccccc2)cc1OCC. The van der Waals surface area contributed by atoms with Gasteiger partial charge in [-0.1, -0.05) is 41.9 Å². The number of carbonyl (C=O) groups excluding carboxylic acids is 1. The van der Waals surface area contributed by atoms with E-state index in [1.165, 1.54) is 12.1 Å². The molecule has 0 spiro atoms. The lowest BCUT2D eigenvalue weighted by Gasteiger charge is -2.26. The van der Waals surface area contributed by atoms with Gasteiger partial charge in [-0.2, -0.15) is 0 Å². The number of sulfonamides is 1. The fourth-order valence-corrected chi connectivity index (χ4v) is 5.13. The lowest BCUT2D eigenvalue weighted by Crippen LogP contribution is -2.41. The van der Waals surface area contributed by atoms with Gasteiger partial charge in [-0.3, -0.25) is 9.10 Å². The Morgan fingerprint density at radius 2 is 1.63 bits per heavy atom. The number of halogens is 1. The van der Waals surface area contributed by atoms with Crippen molar-refractivity contribution < 1.29 is 22.7 Å². The Bertz CT molecular complexity index is 1270. The topological polar surface area (TPSA) is 84.9 Å². The van der Waals surface area contributed by atoms with Gasteiger partial charge in [-0.25, -0.2) is 8.42 Å². The van der Waals surface area contributed by atoms with Crippen molar-refractivity contribution in [1.29, 1.82) is 0 Å². The van der Waals surface area contributed by atoms with Gasteiger partial charge in [0.15, 0.2) is 11.5 Å². The third-order valence-electron chi connectivity index (χ3n) is 5.16. The average molecular weight is 517 g/mol. The molecule has 1 N–H and O–H groups in total. The highest BCUT2D eigenvalue weighted by Gasteiger charge is 2.28. The molecule has 0 saturated heterocycles. The average Bonchev–Trinajstić information content (AvgIpc) is 2.85. The summed E-state index contributed by atoms with van der Waals surface area (Å²) in [6.45, 7) is 6.30. The predicted octanol–water partition coefficient (Wildman–Crippen LogP) is 4.96. The Morgan fingerprint density at radius 3 is 2.31 bits per heavy atom. The Kier molecular flexibility index (Phi) is 9.01. The van der Waals surface area contributed by atoms with Crippen molar-refractivity contribution in [3.05, 3.63) is 82.9 Å². The molecular weight excluding hydrogens is 488 g/mol. The number of anilines is 1. The van der Waals surface area contributed by atoms with Gasteiger partial charge in [0, 0.05) is 11.6 Å². The third kappa shape index (κ3) is 6.68. The molecule has 9 heteroatoms. The van der Waals surface area contributed by atoms with Crippen LogP contribution in [-0.2, 0) is 21.4 Å². The highest BCUT2D eigenvalue weighted by atomic mass is 35.5. The van der Waals surface area contributed by atoms with Gasteiger partial charge in [-0.05, 0) is 68.3 Å². The molecule has 186 valence electrons. The Hall–Kier alpha value is -3.23. The normalized spacial score (nSPS) is 11.1. The van der Waals surface area contributed by atoms with Gasteiger partial charge in [0.05, 0.1) is 23.8 Å². The van der Waals surface area contributed by atoms with E-state index in [2.05, 4.69) is 5.32 Å². The summed E-state index contributed by atoms with van der Waals surface area (Å²) in [6, 6.07) is 18.4. The Labute approximate surface area is 211 Å². The van der Waals surface area contributed by atoms with E-state index in [1.807, 2.05) is 19.9 Å². The molecule has 7 nitrogen and oxygen atoms in total. The van der Waals surface area contributed by atoms with Crippen LogP contribution in [0.15, 0.2) is 71.6 Å². The Balaban J connectivity index is 1.84. The number of aryl methyl sites for hydroxylation is 1. The van der Waals surface area contributed by atoms with Crippen LogP contribution in [0.1, 0.15) is 25.0 Å². The monoisotopic (exact) mass is 516 g/mol. The number of ether oxygens (including phenoxy) is 2. The van der Waals surface area contributed by atoms with E-state index in [0.29, 0.717) is 41.0 Å². The zero-order chi connectivity index (χ0) is 25.4. The van der Waals surface area contributed by atoms with Crippen molar-refractivity contribution >= 4 is 33.2 Å². The molecule has 3 rings (SSSR count). The quantitative estimate of drug-likeness (QED) is 0.389. The lowest BCUT2D eigenvalue weighted by atomic mass is 10.2. The Morgan fingerprint density at radius 1 is 0.943 bits per heavy atom. The molecule has 0 radical (unpaired) electrons. The molecule has 0 bridgehead atoms. The van der Waals surface area contributed by atoms with Gasteiger partial charge in [0.25, 0.3) is 10.0 Å². The summed E-state index contributed by atoms with van der Waals surface area (Å²) in [5.41, 5.74) is 1.81. The van der Waals surface area contributed by atoms with Crippen molar-refractivity contribution in [2.45, 2.75) is 32.2 Å². The van der Waals surface area contributed by atoms with Crippen molar-refractivity contribution in [1.82, 2.24) is 5.32 Å². The zero-order valence-corrected chi connectivity index (χ0v) is 21.5. The van der Waals surface area contributed by atoms with Crippen LogP contribution in [0.25, 0.3) is 0 Å². The van der Waals surface area contributed by atoms with Crippen molar-refractivity contribution in [2.24, 2.45) is 0 Å². The summed E-state index contributed by atoms with van der Waals surface area (Å²) in [7, 11) is -4.02. The summed E-state index contributed by atoms with van der Waals surface area (Å²) in [5.74, 6) is 0.751. The number of rotatable bonds is 11. The van der Waals surface area contributed by atoms with E-state index >= 15 is 0 Å². The second-order valence-electron chi connectivity index (χ2n) is 7.68. The number of nitrogens with zero attached hydrogens (tertiary/aromatic N) is 1. The van der Waals surface area contributed by atoms with Gasteiger partial charge in [-0.15, -0.1) is 0 Å². The maximum absolute atomic E-state index is 13.5. The van der Waals surface area contributed by atoms with Crippen LogP contribution < -0.4 is 19.1 Å². The fraction of sp³-hybridized carbons (Fsp3) is 0.269. The summed E-state index contributed by atoms with van der Waals surface area (Å²) in [6.07, 6.45) is 0. The highest BCUT2D eigenvalue weighted by molar-refractivity contribution is 7.92. The van der Waals surface area contributed by atoms with Crippen LogP contribution in [0.3, 0.4) is 0 Å². The molecule has 3 aromatic rings. The first-order chi connectivity index (χ1) is 16.8. The molecule has 0 atom stereocenters. The number of amides is 1. The van der Waals surface area contributed by atoms with Gasteiger partial charge in [0.1, 0.15) is 6.54 Å². The van der Waals surface area contributed by atoms with Crippen LogP contribution in [0.2, 0.25) is 5.02 Å². The number of hydrogen-bond acceptors (Lipinski definition) is 5. The summed E-state index contributed by atoms with van der Waals surface area (Å²) in [5, 5.41) is 3.18. The van der Waals surface area contributed by atoms with E-state index in [-0.39, 0.29) is 11.4 Å². The minimum atomic E-state index is -4.02. The van der Waals surface area contributed by atoms with E-state index in [1.54, 1.807) is 55.5 Å². The molecule has 0 heterocycles. The van der Waals surface area contributed by atoms with Gasteiger partial charge < -0.3 is 14.8 Å². The molecule has 35 heavy (non-hydrogen) atoms. The molecule has 0 aliphatic rings. The molecule has 0 unspecified atom stereocenters. The van der Waals surface area contributed by atoms with Crippen molar-refractivity contribution in [3.63, 3.8) is 0 Å². The number of nitrogens with one attached hydrogen (secondary N) is 1. The number of benzene rings is 3. The summed E-state index contributed by atoms with van der Waals surface area (Å²) >= 11 is 6.17. The van der Waals surface area contributed by atoms with E-state index < -0.39 is 22.5 Å². The van der Waals surface area contributed by atoms with Crippen LogP contribution in [0.5, 0.6) is 11.5 Å². The maximum atomic E-state index is 13.5. The molecule has 0 aromatic heterocycles. The van der Waals surface area contributed by atoms with Crippen LogP contribution in [0.4, 0.5) is 5.69 Å². The largest absolute Gasteiger partial charge is 0.490 e. The molecule has 0 saturated carbocycles. The minimum Gasteiger partial charge on any atom is -0.490 e. The molecule has 1 amide bonds. The van der Waals surface area contributed by atoms with Crippen LogP contribution in [-0.4, -0.2) is 34.1 Å². The van der Waals surface area contributed by atoms with E-state index in [9.17, 15) is 13.2 Å². The van der Waals surface area contributed by atoms with Gasteiger partial charge in [0.2, 0.25) is 5.91 Å². The van der Waals surface area contributed by atoms with E-state index in [0.717, 1.165) is 9.87 Å². The van der Waals surface area contributed by atoms with Crippen LogP contribution >= 0.6 is 11.6 Å². The maximum Gasteiger partial charge on any atom is 0.264 e.